The number of nitrogen functional groups attached to an aromatic ring is 1. The van der Waals surface area contributed by atoms with Crippen molar-refractivity contribution < 1.29 is 14.0 Å². The molecule has 1 aromatic rings. The van der Waals surface area contributed by atoms with Crippen LogP contribution in [0.1, 0.15) is 41.1 Å². The van der Waals surface area contributed by atoms with Crippen molar-refractivity contribution in [2.24, 2.45) is 11.6 Å². The van der Waals surface area contributed by atoms with Crippen LogP contribution in [0, 0.1) is 6.92 Å². The van der Waals surface area contributed by atoms with Crippen LogP contribution in [0.3, 0.4) is 0 Å². The van der Waals surface area contributed by atoms with Crippen molar-refractivity contribution in [3.63, 3.8) is 0 Å². The standard InChI is InChI=1S/C13H20N4O3/c1-8-10(13(19)16-15)6-9(20-8)7-17-5-3-2-4-11(17)12(14)18/h6,11H,2-5,7,15H2,1H3,(H2,14,18)(H,16,19). The first-order valence-electron chi connectivity index (χ1n) is 6.66. The third-order valence-corrected chi connectivity index (χ3v) is 3.65. The quantitative estimate of drug-likeness (QED) is 0.409. The van der Waals surface area contributed by atoms with E-state index in [1.807, 2.05) is 4.90 Å². The van der Waals surface area contributed by atoms with Crippen molar-refractivity contribution in [2.45, 2.75) is 38.8 Å². The van der Waals surface area contributed by atoms with Crippen LogP contribution in [0.25, 0.3) is 0 Å². The zero-order chi connectivity index (χ0) is 14.7. The Bertz CT molecular complexity index is 512. The number of carbonyl (C=O) groups is 2. The second kappa shape index (κ2) is 6.06. The van der Waals surface area contributed by atoms with E-state index < -0.39 is 0 Å². The van der Waals surface area contributed by atoms with E-state index in [2.05, 4.69) is 5.43 Å². The van der Waals surface area contributed by atoms with Crippen LogP contribution in [0.2, 0.25) is 0 Å². The van der Waals surface area contributed by atoms with E-state index in [1.165, 1.54) is 0 Å². The third kappa shape index (κ3) is 3.00. The largest absolute Gasteiger partial charge is 0.464 e. The normalized spacial score (nSPS) is 19.8. The number of nitrogens with one attached hydrogen (secondary N) is 1. The van der Waals surface area contributed by atoms with Gasteiger partial charge in [-0.3, -0.25) is 19.9 Å². The highest BCUT2D eigenvalue weighted by atomic mass is 16.3. The summed E-state index contributed by atoms with van der Waals surface area (Å²) in [5.41, 5.74) is 7.92. The summed E-state index contributed by atoms with van der Waals surface area (Å²) in [6.07, 6.45) is 2.80. The van der Waals surface area contributed by atoms with Crippen LogP contribution in [-0.2, 0) is 11.3 Å². The number of hydrogen-bond donors (Lipinski definition) is 3. The zero-order valence-corrected chi connectivity index (χ0v) is 11.5. The molecule has 0 spiro atoms. The molecule has 1 aromatic heterocycles. The Balaban J connectivity index is 2.12. The van der Waals surface area contributed by atoms with Crippen LogP contribution >= 0.6 is 0 Å². The van der Waals surface area contributed by atoms with Gasteiger partial charge in [-0.15, -0.1) is 0 Å². The van der Waals surface area contributed by atoms with Gasteiger partial charge in [0.25, 0.3) is 5.91 Å². The van der Waals surface area contributed by atoms with Crippen molar-refractivity contribution >= 4 is 11.8 Å². The van der Waals surface area contributed by atoms with E-state index in [9.17, 15) is 9.59 Å². The molecule has 1 aliphatic heterocycles. The van der Waals surface area contributed by atoms with E-state index in [4.69, 9.17) is 16.0 Å². The molecular weight excluding hydrogens is 260 g/mol. The molecular formula is C13H20N4O3. The average Bonchev–Trinajstić information content (AvgIpc) is 2.79. The molecule has 1 atom stereocenters. The van der Waals surface area contributed by atoms with E-state index in [1.54, 1.807) is 13.0 Å². The lowest BCUT2D eigenvalue weighted by Gasteiger charge is -2.32. The molecule has 0 bridgehead atoms. The Morgan fingerprint density at radius 1 is 1.50 bits per heavy atom. The number of carbonyl (C=O) groups excluding carboxylic acids is 2. The molecule has 2 amide bonds. The third-order valence-electron chi connectivity index (χ3n) is 3.65. The number of hydrogen-bond acceptors (Lipinski definition) is 5. The van der Waals surface area contributed by atoms with Gasteiger partial charge in [-0.05, 0) is 32.4 Å². The highest BCUT2D eigenvalue weighted by Gasteiger charge is 2.28. The minimum Gasteiger partial charge on any atom is -0.464 e. The number of amides is 2. The number of nitrogens with two attached hydrogens (primary N) is 2. The summed E-state index contributed by atoms with van der Waals surface area (Å²) < 4.78 is 5.56. The first-order valence-corrected chi connectivity index (χ1v) is 6.66. The first-order chi connectivity index (χ1) is 9.52. The van der Waals surface area contributed by atoms with Gasteiger partial charge in [-0.2, -0.15) is 0 Å². The molecule has 110 valence electrons. The summed E-state index contributed by atoms with van der Waals surface area (Å²) in [6, 6.07) is 1.39. The summed E-state index contributed by atoms with van der Waals surface area (Å²) in [5.74, 6) is 5.56. The molecule has 7 nitrogen and oxygen atoms in total. The minimum atomic E-state index is -0.386. The molecule has 1 saturated heterocycles. The number of hydrazine groups is 1. The summed E-state index contributed by atoms with van der Waals surface area (Å²) >= 11 is 0. The summed E-state index contributed by atoms with van der Waals surface area (Å²) in [7, 11) is 0. The van der Waals surface area contributed by atoms with Gasteiger partial charge in [0.15, 0.2) is 0 Å². The summed E-state index contributed by atoms with van der Waals surface area (Å²) in [6.45, 7) is 2.97. The van der Waals surface area contributed by atoms with Gasteiger partial charge >= 0.3 is 0 Å². The highest BCUT2D eigenvalue weighted by Crippen LogP contribution is 2.22. The molecule has 5 N–H and O–H groups in total. The second-order valence-corrected chi connectivity index (χ2v) is 5.04. The van der Waals surface area contributed by atoms with E-state index in [0.29, 0.717) is 23.6 Å². The van der Waals surface area contributed by atoms with Crippen molar-refractivity contribution in [2.75, 3.05) is 6.54 Å². The highest BCUT2D eigenvalue weighted by molar-refractivity contribution is 5.94. The lowest BCUT2D eigenvalue weighted by molar-refractivity contribution is -0.124. The van der Waals surface area contributed by atoms with Crippen LogP contribution in [0.5, 0.6) is 0 Å². The summed E-state index contributed by atoms with van der Waals surface area (Å²) in [4.78, 5) is 25.0. The Morgan fingerprint density at radius 3 is 2.90 bits per heavy atom. The maximum absolute atomic E-state index is 11.5. The molecule has 1 fully saturated rings. The molecule has 1 unspecified atom stereocenters. The monoisotopic (exact) mass is 280 g/mol. The fourth-order valence-electron chi connectivity index (χ4n) is 2.63. The van der Waals surface area contributed by atoms with Gasteiger partial charge in [0, 0.05) is 0 Å². The van der Waals surface area contributed by atoms with E-state index >= 15 is 0 Å². The van der Waals surface area contributed by atoms with Crippen molar-refractivity contribution in [3.05, 3.63) is 23.2 Å². The molecule has 7 heteroatoms. The predicted molar refractivity (Wildman–Crippen MR) is 72.3 cm³/mol. The van der Waals surface area contributed by atoms with Crippen LogP contribution < -0.4 is 17.0 Å². The minimum absolute atomic E-state index is 0.263. The Labute approximate surface area is 117 Å². The predicted octanol–water partition coefficient (Wildman–Crippen LogP) is 0.0313. The van der Waals surface area contributed by atoms with Crippen molar-refractivity contribution in [3.8, 4) is 0 Å². The summed E-state index contributed by atoms with van der Waals surface area (Å²) in [5, 5.41) is 0. The lowest BCUT2D eigenvalue weighted by atomic mass is 10.0. The number of likely N-dealkylation sites (tertiary alicyclic amines) is 1. The van der Waals surface area contributed by atoms with Gasteiger partial charge in [0.2, 0.25) is 5.91 Å². The topological polar surface area (TPSA) is 115 Å². The number of nitrogens with zero attached hydrogens (tertiary/aromatic N) is 1. The number of furan rings is 1. The molecule has 0 aromatic carbocycles. The SMILES string of the molecule is Cc1oc(CN2CCCCC2C(N)=O)cc1C(=O)NN. The molecule has 0 aliphatic carbocycles. The average molecular weight is 280 g/mol. The Hall–Kier alpha value is -1.86. The number of aryl methyl sites for hydroxylation is 1. The number of primary amides is 1. The maximum atomic E-state index is 11.5. The zero-order valence-electron chi connectivity index (χ0n) is 11.5. The van der Waals surface area contributed by atoms with E-state index in [0.717, 1.165) is 25.8 Å². The molecule has 2 rings (SSSR count). The fourth-order valence-corrected chi connectivity index (χ4v) is 2.63. The van der Waals surface area contributed by atoms with Gasteiger partial charge in [0.1, 0.15) is 11.5 Å². The van der Waals surface area contributed by atoms with Gasteiger partial charge in [-0.25, -0.2) is 5.84 Å². The van der Waals surface area contributed by atoms with Crippen LogP contribution in [0.15, 0.2) is 10.5 Å². The smallest absolute Gasteiger partial charge is 0.268 e. The second-order valence-electron chi connectivity index (χ2n) is 5.04. The lowest BCUT2D eigenvalue weighted by Crippen LogP contribution is -2.47. The molecule has 1 aliphatic rings. The molecule has 20 heavy (non-hydrogen) atoms. The molecule has 2 heterocycles. The van der Waals surface area contributed by atoms with Crippen molar-refractivity contribution in [1.29, 1.82) is 0 Å². The van der Waals surface area contributed by atoms with Gasteiger partial charge < -0.3 is 10.2 Å². The van der Waals surface area contributed by atoms with Crippen LogP contribution in [0.4, 0.5) is 0 Å². The first kappa shape index (κ1) is 14.5. The molecule has 0 radical (unpaired) electrons. The van der Waals surface area contributed by atoms with E-state index in [-0.39, 0.29) is 17.9 Å². The maximum Gasteiger partial charge on any atom is 0.268 e. The van der Waals surface area contributed by atoms with Gasteiger partial charge in [0.05, 0.1) is 18.2 Å². The fraction of sp³-hybridized carbons (Fsp3) is 0.538. The Morgan fingerprint density at radius 2 is 2.25 bits per heavy atom. The number of rotatable bonds is 4. The number of piperidine rings is 1. The Kier molecular flexibility index (Phi) is 4.41. The van der Waals surface area contributed by atoms with Crippen molar-refractivity contribution in [1.82, 2.24) is 10.3 Å². The molecule has 0 saturated carbocycles. The van der Waals surface area contributed by atoms with Gasteiger partial charge in [-0.1, -0.05) is 6.42 Å². The van der Waals surface area contributed by atoms with Crippen LogP contribution in [-0.4, -0.2) is 29.3 Å².